The van der Waals surface area contributed by atoms with Gasteiger partial charge in [-0.3, -0.25) is 4.98 Å². The Bertz CT molecular complexity index is 624. The minimum absolute atomic E-state index is 0.999. The summed E-state index contributed by atoms with van der Waals surface area (Å²) in [7, 11) is 0. The highest BCUT2D eigenvalue weighted by atomic mass is 14.7. The van der Waals surface area contributed by atoms with Gasteiger partial charge in [-0.2, -0.15) is 0 Å². The number of nitrogens with zero attached hydrogens (tertiary/aromatic N) is 1. The minimum Gasteiger partial charge on any atom is -0.257 e. The third-order valence-corrected chi connectivity index (χ3v) is 3.90. The van der Waals surface area contributed by atoms with Crippen LogP contribution >= 0.6 is 0 Å². The molecule has 0 N–H and O–H groups in total. The van der Waals surface area contributed by atoms with Gasteiger partial charge < -0.3 is 0 Å². The number of aromatic nitrogens is 1. The van der Waals surface area contributed by atoms with Crippen LogP contribution in [0.3, 0.4) is 0 Å². The maximum Gasteiger partial charge on any atom is 0.0529 e. The van der Waals surface area contributed by atoms with E-state index >= 15 is 0 Å². The van der Waals surface area contributed by atoms with Crippen LogP contribution in [0.1, 0.15) is 33.6 Å². The molecule has 17 heavy (non-hydrogen) atoms. The molecule has 0 amide bonds. The van der Waals surface area contributed by atoms with Crippen LogP contribution in [0, 0.1) is 27.7 Å². The first-order chi connectivity index (χ1) is 8.08. The zero-order valence-electron chi connectivity index (χ0n) is 10.9. The summed E-state index contributed by atoms with van der Waals surface area (Å²) in [6, 6.07) is 6.65. The van der Waals surface area contributed by atoms with Gasteiger partial charge in [0, 0.05) is 17.7 Å². The lowest BCUT2D eigenvalue weighted by Gasteiger charge is -2.11. The summed E-state index contributed by atoms with van der Waals surface area (Å²) in [5, 5.41) is 0. The van der Waals surface area contributed by atoms with E-state index in [1.54, 1.807) is 0 Å². The molecule has 0 aliphatic heterocycles. The predicted molar refractivity (Wildman–Crippen MR) is 71.4 cm³/mol. The summed E-state index contributed by atoms with van der Waals surface area (Å²) >= 11 is 0. The topological polar surface area (TPSA) is 12.9 Å². The second kappa shape index (κ2) is 3.43. The van der Waals surface area contributed by atoms with E-state index in [-0.39, 0.29) is 0 Å². The molecule has 1 aliphatic rings. The standard InChI is InChI=1S/C16H17N/c1-9-7-10(2)14-8-15-13(16(14)12(9)4)6-5-11(3)17-15/h5-7H,8H2,1-4H3. The first kappa shape index (κ1) is 10.5. The molecule has 1 heterocycles. The number of hydrogen-bond acceptors (Lipinski definition) is 1. The van der Waals surface area contributed by atoms with Gasteiger partial charge in [0.1, 0.15) is 0 Å². The van der Waals surface area contributed by atoms with Gasteiger partial charge >= 0.3 is 0 Å². The number of aryl methyl sites for hydroxylation is 3. The van der Waals surface area contributed by atoms with Crippen LogP contribution in [0.15, 0.2) is 18.2 Å². The molecular weight excluding hydrogens is 206 g/mol. The van der Waals surface area contributed by atoms with E-state index in [1.807, 2.05) is 0 Å². The average Bonchev–Trinajstić information content (AvgIpc) is 2.65. The lowest BCUT2D eigenvalue weighted by atomic mass is 9.93. The zero-order valence-corrected chi connectivity index (χ0v) is 10.9. The Morgan fingerprint density at radius 3 is 2.53 bits per heavy atom. The molecule has 0 spiro atoms. The summed E-state index contributed by atoms with van der Waals surface area (Å²) in [5.41, 5.74) is 10.8. The van der Waals surface area contributed by atoms with Gasteiger partial charge in [-0.25, -0.2) is 0 Å². The molecule has 1 heteroatoms. The van der Waals surface area contributed by atoms with Crippen LogP contribution in [0.2, 0.25) is 0 Å². The SMILES string of the molecule is Cc1ccc2c(n1)Cc1c(C)cc(C)c(C)c1-2. The molecule has 0 unspecified atom stereocenters. The molecule has 0 radical (unpaired) electrons. The Labute approximate surface area is 103 Å². The van der Waals surface area contributed by atoms with Crippen molar-refractivity contribution in [2.24, 2.45) is 0 Å². The van der Waals surface area contributed by atoms with E-state index in [4.69, 9.17) is 0 Å². The third-order valence-electron chi connectivity index (χ3n) is 3.90. The van der Waals surface area contributed by atoms with Crippen LogP contribution < -0.4 is 0 Å². The van der Waals surface area contributed by atoms with E-state index in [2.05, 4.69) is 50.9 Å². The van der Waals surface area contributed by atoms with Crippen molar-refractivity contribution in [3.8, 4) is 11.1 Å². The van der Waals surface area contributed by atoms with Crippen molar-refractivity contribution < 1.29 is 0 Å². The van der Waals surface area contributed by atoms with Gasteiger partial charge in [-0.05, 0) is 61.6 Å². The molecule has 1 aliphatic carbocycles. The van der Waals surface area contributed by atoms with Crippen molar-refractivity contribution in [2.45, 2.75) is 34.1 Å². The number of fused-ring (bicyclic) bond motifs is 3. The van der Waals surface area contributed by atoms with Crippen molar-refractivity contribution in [1.29, 1.82) is 0 Å². The Kier molecular flexibility index (Phi) is 2.12. The largest absolute Gasteiger partial charge is 0.257 e. The van der Waals surface area contributed by atoms with Crippen molar-refractivity contribution in [1.82, 2.24) is 4.98 Å². The smallest absolute Gasteiger partial charge is 0.0529 e. The van der Waals surface area contributed by atoms with Crippen LogP contribution in [-0.2, 0) is 6.42 Å². The molecule has 0 saturated heterocycles. The summed E-state index contributed by atoms with van der Waals surface area (Å²) in [6.45, 7) is 8.70. The van der Waals surface area contributed by atoms with E-state index in [0.717, 1.165) is 12.1 Å². The quantitative estimate of drug-likeness (QED) is 0.563. The Hall–Kier alpha value is -1.63. The molecule has 1 nitrogen and oxygen atoms in total. The fourth-order valence-corrected chi connectivity index (χ4v) is 2.87. The molecule has 0 bridgehead atoms. The molecule has 86 valence electrons. The highest BCUT2D eigenvalue weighted by molar-refractivity contribution is 5.80. The highest BCUT2D eigenvalue weighted by Crippen LogP contribution is 2.40. The van der Waals surface area contributed by atoms with Crippen LogP contribution in [0.25, 0.3) is 11.1 Å². The molecule has 1 aromatic heterocycles. The van der Waals surface area contributed by atoms with E-state index in [0.29, 0.717) is 0 Å². The van der Waals surface area contributed by atoms with E-state index < -0.39 is 0 Å². The van der Waals surface area contributed by atoms with Gasteiger partial charge in [0.05, 0.1) is 5.69 Å². The molecule has 0 atom stereocenters. The van der Waals surface area contributed by atoms with Gasteiger partial charge in [0.2, 0.25) is 0 Å². The Morgan fingerprint density at radius 1 is 1.00 bits per heavy atom. The van der Waals surface area contributed by atoms with Crippen molar-refractivity contribution in [3.63, 3.8) is 0 Å². The zero-order chi connectivity index (χ0) is 12.2. The van der Waals surface area contributed by atoms with Gasteiger partial charge in [-0.15, -0.1) is 0 Å². The number of pyridine rings is 1. The molecule has 2 aromatic rings. The lowest BCUT2D eigenvalue weighted by Crippen LogP contribution is -1.92. The van der Waals surface area contributed by atoms with Crippen molar-refractivity contribution >= 4 is 0 Å². The number of benzene rings is 1. The highest BCUT2D eigenvalue weighted by Gasteiger charge is 2.23. The van der Waals surface area contributed by atoms with Crippen LogP contribution in [0.5, 0.6) is 0 Å². The Morgan fingerprint density at radius 2 is 1.76 bits per heavy atom. The van der Waals surface area contributed by atoms with Crippen LogP contribution in [0.4, 0.5) is 0 Å². The number of hydrogen-bond donors (Lipinski definition) is 0. The second-order valence-electron chi connectivity index (χ2n) is 5.11. The summed E-state index contributed by atoms with van der Waals surface area (Å²) in [5.74, 6) is 0. The summed E-state index contributed by atoms with van der Waals surface area (Å²) in [4.78, 5) is 4.68. The lowest BCUT2D eigenvalue weighted by molar-refractivity contribution is 1.06. The molecule has 0 fully saturated rings. The fourth-order valence-electron chi connectivity index (χ4n) is 2.87. The summed E-state index contributed by atoms with van der Waals surface area (Å²) < 4.78 is 0. The van der Waals surface area contributed by atoms with E-state index in [9.17, 15) is 0 Å². The first-order valence-corrected chi connectivity index (χ1v) is 6.14. The molecule has 3 rings (SSSR count). The molecule has 1 aromatic carbocycles. The first-order valence-electron chi connectivity index (χ1n) is 6.14. The third kappa shape index (κ3) is 1.42. The van der Waals surface area contributed by atoms with Gasteiger partial charge in [-0.1, -0.05) is 12.1 Å². The van der Waals surface area contributed by atoms with Crippen molar-refractivity contribution in [2.75, 3.05) is 0 Å². The fraction of sp³-hybridized carbons (Fsp3) is 0.312. The molecule has 0 saturated carbocycles. The predicted octanol–water partition coefficient (Wildman–Crippen LogP) is 3.89. The van der Waals surface area contributed by atoms with Crippen molar-refractivity contribution in [3.05, 3.63) is 51.8 Å². The normalized spacial score (nSPS) is 12.5. The Balaban J connectivity index is 2.35. The van der Waals surface area contributed by atoms with Crippen LogP contribution in [-0.4, -0.2) is 4.98 Å². The average molecular weight is 223 g/mol. The van der Waals surface area contributed by atoms with Gasteiger partial charge in [0.15, 0.2) is 0 Å². The van der Waals surface area contributed by atoms with Gasteiger partial charge in [0.25, 0.3) is 0 Å². The maximum absolute atomic E-state index is 4.68. The minimum atomic E-state index is 0.999. The molecular formula is C16H17N. The maximum atomic E-state index is 4.68. The number of rotatable bonds is 0. The monoisotopic (exact) mass is 223 g/mol. The second-order valence-corrected chi connectivity index (χ2v) is 5.11. The summed E-state index contributed by atoms with van der Waals surface area (Å²) in [6.07, 6.45) is 0.999. The van der Waals surface area contributed by atoms with E-state index in [1.165, 1.54) is 39.1 Å².